The summed E-state index contributed by atoms with van der Waals surface area (Å²) < 4.78 is 26.8. The average molecular weight is 417 g/mol. The molecule has 5 nitrogen and oxygen atoms in total. The number of benzene rings is 3. The number of carbonyl (C=O) groups excluding carboxylic acids is 2. The van der Waals surface area contributed by atoms with Gasteiger partial charge in [0.25, 0.3) is 5.91 Å². The Bertz CT molecular complexity index is 1300. The van der Waals surface area contributed by atoms with Crippen molar-refractivity contribution in [2.75, 3.05) is 10.2 Å². The van der Waals surface area contributed by atoms with Crippen molar-refractivity contribution < 1.29 is 18.4 Å². The van der Waals surface area contributed by atoms with Crippen LogP contribution >= 0.6 is 0 Å². The van der Waals surface area contributed by atoms with E-state index < -0.39 is 23.1 Å². The van der Waals surface area contributed by atoms with Crippen LogP contribution in [0.15, 0.2) is 79.0 Å². The minimum absolute atomic E-state index is 0.0563. The van der Waals surface area contributed by atoms with Gasteiger partial charge in [-0.25, -0.2) is 8.78 Å². The Hall–Kier alpha value is -4.00. The molecule has 0 aliphatic carbocycles. The molecule has 154 valence electrons. The number of hydrogen-bond donors (Lipinski definition) is 2. The molecular weight excluding hydrogens is 400 g/mol. The monoisotopic (exact) mass is 417 g/mol. The lowest BCUT2D eigenvalue weighted by Gasteiger charge is -2.50. The number of anilines is 2. The highest BCUT2D eigenvalue weighted by Crippen LogP contribution is 2.47. The molecule has 2 heterocycles. The second-order valence-electron chi connectivity index (χ2n) is 7.45. The fraction of sp³-hybridized carbons (Fsp3) is 0.0833. The van der Waals surface area contributed by atoms with Crippen molar-refractivity contribution in [2.24, 2.45) is 0 Å². The number of hydrogen-bond acceptors (Lipinski definition) is 2. The number of nitrogens with one attached hydrogen (secondary N) is 2. The van der Waals surface area contributed by atoms with Crippen molar-refractivity contribution >= 4 is 34.1 Å². The smallest absolute Gasteiger partial charge is 0.256 e. The summed E-state index contributed by atoms with van der Waals surface area (Å²) in [5, 5.41) is 3.61. The van der Waals surface area contributed by atoms with E-state index >= 15 is 0 Å². The molecular formula is C24H17F2N3O2. The molecule has 31 heavy (non-hydrogen) atoms. The van der Waals surface area contributed by atoms with Gasteiger partial charge in [-0.3, -0.25) is 14.5 Å². The first-order chi connectivity index (χ1) is 15.0. The molecule has 4 aromatic rings. The zero-order valence-corrected chi connectivity index (χ0v) is 16.2. The molecule has 1 aromatic heterocycles. The molecule has 0 spiro atoms. The van der Waals surface area contributed by atoms with E-state index in [9.17, 15) is 18.4 Å². The number of aromatic amines is 1. The summed E-state index contributed by atoms with van der Waals surface area (Å²) in [5.41, 5.74) is 0.931. The maximum absolute atomic E-state index is 13.7. The van der Waals surface area contributed by atoms with Crippen molar-refractivity contribution in [3.63, 3.8) is 0 Å². The van der Waals surface area contributed by atoms with Crippen LogP contribution in [0.1, 0.15) is 12.0 Å². The third kappa shape index (κ3) is 2.97. The molecule has 1 atom stereocenters. The molecule has 2 N–H and O–H groups in total. The Morgan fingerprint density at radius 3 is 2.26 bits per heavy atom. The molecule has 0 radical (unpaired) electrons. The van der Waals surface area contributed by atoms with Crippen LogP contribution in [-0.4, -0.2) is 16.8 Å². The summed E-state index contributed by atoms with van der Waals surface area (Å²) in [4.78, 5) is 31.0. The number of aromatic nitrogens is 1. The zero-order chi connectivity index (χ0) is 21.6. The van der Waals surface area contributed by atoms with E-state index in [2.05, 4.69) is 10.3 Å². The quantitative estimate of drug-likeness (QED) is 0.472. The van der Waals surface area contributed by atoms with E-state index in [-0.39, 0.29) is 12.3 Å². The first-order valence-corrected chi connectivity index (χ1v) is 9.71. The number of halogens is 2. The normalized spacial score (nSPS) is 18.1. The summed E-state index contributed by atoms with van der Waals surface area (Å²) in [6.45, 7) is 0. The fourth-order valence-corrected chi connectivity index (χ4v) is 4.15. The Morgan fingerprint density at radius 2 is 1.58 bits per heavy atom. The molecule has 5 rings (SSSR count). The van der Waals surface area contributed by atoms with E-state index in [1.165, 1.54) is 53.4 Å². The van der Waals surface area contributed by atoms with Gasteiger partial charge in [-0.2, -0.15) is 0 Å². The van der Waals surface area contributed by atoms with Gasteiger partial charge in [0.05, 0.1) is 6.42 Å². The number of rotatable bonds is 4. The lowest BCUT2D eigenvalue weighted by Crippen LogP contribution is -2.67. The second-order valence-corrected chi connectivity index (χ2v) is 7.45. The molecule has 1 unspecified atom stereocenters. The molecule has 2 amide bonds. The summed E-state index contributed by atoms with van der Waals surface area (Å²) in [6, 6.07) is 18.3. The summed E-state index contributed by atoms with van der Waals surface area (Å²) in [7, 11) is 0. The van der Waals surface area contributed by atoms with Crippen LogP contribution in [-0.2, 0) is 15.1 Å². The Labute approximate surface area is 176 Å². The summed E-state index contributed by atoms with van der Waals surface area (Å²) in [5.74, 6) is -1.56. The standard InChI is InChI=1S/C24H17F2N3O2/c25-15-5-9-17(10-6-15)28-23(31)24(20-14-27-21-4-2-1-3-19(20)21)13-22(30)29(24)18-11-7-16(26)8-12-18/h1-12,14,27H,13H2,(H,28,31). The molecule has 1 fully saturated rings. The van der Waals surface area contributed by atoms with Gasteiger partial charge in [0.15, 0.2) is 5.54 Å². The van der Waals surface area contributed by atoms with Crippen LogP contribution in [0.5, 0.6) is 0 Å². The molecule has 0 bridgehead atoms. The number of β-lactam (4-membered cyclic amide) rings is 1. The van der Waals surface area contributed by atoms with E-state index in [4.69, 9.17) is 0 Å². The van der Waals surface area contributed by atoms with Crippen LogP contribution in [0.4, 0.5) is 20.2 Å². The SMILES string of the molecule is O=C1CC(C(=O)Nc2ccc(F)cc2)(c2c[nH]c3ccccc23)N1c1ccc(F)cc1. The Balaban J connectivity index is 1.65. The largest absolute Gasteiger partial charge is 0.361 e. The third-order valence-electron chi connectivity index (χ3n) is 5.64. The molecule has 3 aromatic carbocycles. The lowest BCUT2D eigenvalue weighted by atomic mass is 9.75. The van der Waals surface area contributed by atoms with Gasteiger partial charge in [-0.15, -0.1) is 0 Å². The number of nitrogens with zero attached hydrogens (tertiary/aromatic N) is 1. The topological polar surface area (TPSA) is 65.2 Å². The minimum Gasteiger partial charge on any atom is -0.361 e. The summed E-state index contributed by atoms with van der Waals surface area (Å²) in [6.07, 6.45) is 1.66. The van der Waals surface area contributed by atoms with Gasteiger partial charge < -0.3 is 10.3 Å². The van der Waals surface area contributed by atoms with E-state index in [1.807, 2.05) is 24.3 Å². The van der Waals surface area contributed by atoms with Crippen molar-refractivity contribution in [3.05, 3.63) is 96.2 Å². The highest BCUT2D eigenvalue weighted by atomic mass is 19.1. The minimum atomic E-state index is -1.34. The molecule has 0 saturated carbocycles. The van der Waals surface area contributed by atoms with E-state index in [1.54, 1.807) is 6.20 Å². The molecule has 7 heteroatoms. The van der Waals surface area contributed by atoms with Crippen LogP contribution < -0.4 is 10.2 Å². The highest BCUT2D eigenvalue weighted by molar-refractivity contribution is 6.18. The number of H-pyrrole nitrogens is 1. The second kappa shape index (κ2) is 7.05. The first kappa shape index (κ1) is 19.0. The van der Waals surface area contributed by atoms with E-state index in [0.717, 1.165) is 10.9 Å². The van der Waals surface area contributed by atoms with Crippen LogP contribution in [0.25, 0.3) is 10.9 Å². The molecule has 1 aliphatic heterocycles. The van der Waals surface area contributed by atoms with Crippen molar-refractivity contribution in [1.29, 1.82) is 0 Å². The van der Waals surface area contributed by atoms with Crippen LogP contribution in [0, 0.1) is 11.6 Å². The lowest BCUT2D eigenvalue weighted by molar-refractivity contribution is -0.137. The van der Waals surface area contributed by atoms with Crippen LogP contribution in [0.2, 0.25) is 0 Å². The fourth-order valence-electron chi connectivity index (χ4n) is 4.15. The van der Waals surface area contributed by atoms with Gasteiger partial charge in [0, 0.05) is 34.0 Å². The maximum Gasteiger partial charge on any atom is 0.256 e. The van der Waals surface area contributed by atoms with Gasteiger partial charge in [0.1, 0.15) is 11.6 Å². The van der Waals surface area contributed by atoms with Gasteiger partial charge in [-0.05, 0) is 54.6 Å². The van der Waals surface area contributed by atoms with E-state index in [0.29, 0.717) is 16.9 Å². The van der Waals surface area contributed by atoms with Gasteiger partial charge >= 0.3 is 0 Å². The van der Waals surface area contributed by atoms with Crippen molar-refractivity contribution in [1.82, 2.24) is 4.98 Å². The predicted molar refractivity (Wildman–Crippen MR) is 114 cm³/mol. The van der Waals surface area contributed by atoms with Gasteiger partial charge in [0.2, 0.25) is 5.91 Å². The number of amides is 2. The summed E-state index contributed by atoms with van der Waals surface area (Å²) >= 11 is 0. The first-order valence-electron chi connectivity index (χ1n) is 9.71. The molecule has 1 saturated heterocycles. The zero-order valence-electron chi connectivity index (χ0n) is 16.2. The maximum atomic E-state index is 13.7. The Morgan fingerprint density at radius 1 is 0.935 bits per heavy atom. The van der Waals surface area contributed by atoms with Gasteiger partial charge in [-0.1, -0.05) is 18.2 Å². The number of fused-ring (bicyclic) bond motifs is 1. The predicted octanol–water partition coefficient (Wildman–Crippen LogP) is 4.72. The average Bonchev–Trinajstić information content (AvgIpc) is 3.19. The number of para-hydroxylation sites is 1. The Kier molecular flexibility index (Phi) is 4.32. The van der Waals surface area contributed by atoms with Crippen molar-refractivity contribution in [2.45, 2.75) is 12.0 Å². The van der Waals surface area contributed by atoms with Crippen LogP contribution in [0.3, 0.4) is 0 Å². The highest BCUT2D eigenvalue weighted by Gasteiger charge is 2.59. The third-order valence-corrected chi connectivity index (χ3v) is 5.64. The van der Waals surface area contributed by atoms with Crippen molar-refractivity contribution in [3.8, 4) is 0 Å². The number of carbonyl (C=O) groups is 2. The molecule has 1 aliphatic rings.